The van der Waals surface area contributed by atoms with Crippen LogP contribution in [0.15, 0.2) is 0 Å². The second-order valence-corrected chi connectivity index (χ2v) is 7.20. The normalized spacial score (nSPS) is 11.1. The zero-order valence-electron chi connectivity index (χ0n) is 14.2. The summed E-state index contributed by atoms with van der Waals surface area (Å²) in [6.07, 6.45) is 8.40. The third kappa shape index (κ3) is 23.5. The van der Waals surface area contributed by atoms with E-state index >= 15 is 0 Å². The SMILES string of the molecule is C.CC(C)CN.CCCCCCC(C)(C)CC(C)C.[HH]. The fourth-order valence-corrected chi connectivity index (χ4v) is 2.24. The molecule has 0 aromatic rings. The van der Waals surface area contributed by atoms with E-state index in [-0.39, 0.29) is 8.85 Å². The minimum atomic E-state index is 0. The molecule has 0 heterocycles. The van der Waals surface area contributed by atoms with Crippen LogP contribution in [-0.2, 0) is 0 Å². The van der Waals surface area contributed by atoms with E-state index in [9.17, 15) is 0 Å². The van der Waals surface area contributed by atoms with Crippen molar-refractivity contribution < 1.29 is 1.43 Å². The molecule has 2 N–H and O–H groups in total. The Kier molecular flexibility index (Phi) is 18.2. The highest BCUT2D eigenvalue weighted by atomic mass is 14.5. The van der Waals surface area contributed by atoms with Crippen LogP contribution in [0.2, 0.25) is 0 Å². The summed E-state index contributed by atoms with van der Waals surface area (Å²) in [7, 11) is 0. The molecule has 1 nitrogen and oxygen atoms in total. The molecule has 122 valence electrons. The van der Waals surface area contributed by atoms with E-state index in [1.165, 1.54) is 38.5 Å². The molecule has 0 aliphatic heterocycles. The summed E-state index contributed by atoms with van der Waals surface area (Å²) >= 11 is 0. The minimum absolute atomic E-state index is 0. The van der Waals surface area contributed by atoms with Crippen LogP contribution in [0.5, 0.6) is 0 Å². The molecule has 0 amide bonds. The summed E-state index contributed by atoms with van der Waals surface area (Å²) in [6.45, 7) is 16.8. The first kappa shape index (κ1) is 24.0. The van der Waals surface area contributed by atoms with Gasteiger partial charge in [0.05, 0.1) is 0 Å². The molecule has 0 aromatic carbocycles. The Bertz CT molecular complexity index is 165. The van der Waals surface area contributed by atoms with Crippen LogP contribution >= 0.6 is 0 Å². The van der Waals surface area contributed by atoms with Gasteiger partial charge in [-0.15, -0.1) is 0 Å². The van der Waals surface area contributed by atoms with E-state index in [4.69, 9.17) is 5.73 Å². The van der Waals surface area contributed by atoms with Crippen LogP contribution < -0.4 is 5.73 Å². The van der Waals surface area contributed by atoms with E-state index in [0.717, 1.165) is 12.5 Å². The molecule has 0 unspecified atom stereocenters. The predicted octanol–water partition coefficient (Wildman–Crippen LogP) is 6.51. The van der Waals surface area contributed by atoms with Crippen molar-refractivity contribution >= 4 is 0 Å². The standard InChI is InChI=1S/C13H28.C4H11N.CH4.H2/c1-6-7-8-9-10-13(4,5)11-12(2)3;1-4(2)3-5;;/h12H,6-11H2,1-5H3;4H,3,5H2,1-2H3;1H4;1H. The molecule has 0 fully saturated rings. The average molecular weight is 276 g/mol. The highest BCUT2D eigenvalue weighted by Gasteiger charge is 2.18. The summed E-state index contributed by atoms with van der Waals surface area (Å²) in [5.74, 6) is 1.51. The highest BCUT2D eigenvalue weighted by molar-refractivity contribution is 4.70. The molecule has 0 aliphatic rings. The molecular formula is C18H45N. The van der Waals surface area contributed by atoms with Gasteiger partial charge < -0.3 is 5.73 Å². The van der Waals surface area contributed by atoms with Crippen molar-refractivity contribution in [2.45, 2.75) is 94.4 Å². The highest BCUT2D eigenvalue weighted by Crippen LogP contribution is 2.31. The van der Waals surface area contributed by atoms with Crippen LogP contribution in [0.3, 0.4) is 0 Å². The van der Waals surface area contributed by atoms with Gasteiger partial charge in [0.15, 0.2) is 0 Å². The largest absolute Gasteiger partial charge is 0.330 e. The Morgan fingerprint density at radius 2 is 1.42 bits per heavy atom. The lowest BCUT2D eigenvalue weighted by Gasteiger charge is -2.26. The van der Waals surface area contributed by atoms with E-state index in [1.54, 1.807) is 0 Å². The molecule has 1 heteroatoms. The molecule has 19 heavy (non-hydrogen) atoms. The van der Waals surface area contributed by atoms with Crippen LogP contribution in [0.25, 0.3) is 0 Å². The van der Waals surface area contributed by atoms with E-state index in [2.05, 4.69) is 48.5 Å². The second kappa shape index (κ2) is 14.4. The van der Waals surface area contributed by atoms with Gasteiger partial charge in [0.2, 0.25) is 0 Å². The van der Waals surface area contributed by atoms with Crippen molar-refractivity contribution in [1.29, 1.82) is 0 Å². The quantitative estimate of drug-likeness (QED) is 0.502. The van der Waals surface area contributed by atoms with E-state index in [0.29, 0.717) is 11.3 Å². The fraction of sp³-hybridized carbons (Fsp3) is 1.00. The van der Waals surface area contributed by atoms with Gasteiger partial charge in [0, 0.05) is 1.43 Å². The molecule has 0 radical (unpaired) electrons. The Morgan fingerprint density at radius 1 is 0.947 bits per heavy atom. The average Bonchev–Trinajstić information content (AvgIpc) is 2.23. The molecule has 0 rings (SSSR count). The zero-order valence-corrected chi connectivity index (χ0v) is 14.2. The second-order valence-electron chi connectivity index (χ2n) is 7.20. The van der Waals surface area contributed by atoms with Crippen molar-refractivity contribution in [3.8, 4) is 0 Å². The molecule has 0 aromatic heterocycles. The van der Waals surface area contributed by atoms with Gasteiger partial charge in [-0.25, -0.2) is 0 Å². The smallest absolute Gasteiger partial charge is 0 e. The van der Waals surface area contributed by atoms with Gasteiger partial charge in [0.1, 0.15) is 0 Å². The molecule has 0 aliphatic carbocycles. The fourth-order valence-electron chi connectivity index (χ4n) is 2.24. The third-order valence-corrected chi connectivity index (χ3v) is 3.14. The maximum Gasteiger partial charge on any atom is 0 e. The van der Waals surface area contributed by atoms with Gasteiger partial charge in [-0.3, -0.25) is 0 Å². The Morgan fingerprint density at radius 3 is 1.74 bits per heavy atom. The number of rotatable bonds is 8. The van der Waals surface area contributed by atoms with Gasteiger partial charge in [-0.2, -0.15) is 0 Å². The van der Waals surface area contributed by atoms with Gasteiger partial charge in [-0.05, 0) is 36.6 Å². The summed E-state index contributed by atoms with van der Waals surface area (Å²) in [5.41, 5.74) is 5.74. The predicted molar refractivity (Wildman–Crippen MR) is 94.7 cm³/mol. The van der Waals surface area contributed by atoms with Gasteiger partial charge in [0.25, 0.3) is 0 Å². The van der Waals surface area contributed by atoms with Gasteiger partial charge in [-0.1, -0.05) is 81.6 Å². The van der Waals surface area contributed by atoms with Crippen molar-refractivity contribution in [3.63, 3.8) is 0 Å². The summed E-state index contributed by atoms with van der Waals surface area (Å²) < 4.78 is 0. The van der Waals surface area contributed by atoms with Crippen LogP contribution in [0.1, 0.15) is 95.8 Å². The minimum Gasteiger partial charge on any atom is -0.330 e. The molecule has 0 atom stereocenters. The number of unbranched alkanes of at least 4 members (excludes halogenated alkanes) is 3. The van der Waals surface area contributed by atoms with Crippen molar-refractivity contribution in [1.82, 2.24) is 0 Å². The van der Waals surface area contributed by atoms with Crippen LogP contribution in [0, 0.1) is 17.3 Å². The van der Waals surface area contributed by atoms with Gasteiger partial charge >= 0.3 is 0 Å². The number of hydrogen-bond donors (Lipinski definition) is 1. The first-order chi connectivity index (χ1) is 8.25. The van der Waals surface area contributed by atoms with Crippen molar-refractivity contribution in [3.05, 3.63) is 0 Å². The first-order valence-corrected chi connectivity index (χ1v) is 7.95. The van der Waals surface area contributed by atoms with E-state index < -0.39 is 0 Å². The van der Waals surface area contributed by atoms with Crippen LogP contribution in [-0.4, -0.2) is 6.54 Å². The lowest BCUT2D eigenvalue weighted by atomic mass is 9.80. The number of nitrogens with two attached hydrogens (primary N) is 1. The Labute approximate surface area is 126 Å². The summed E-state index contributed by atoms with van der Waals surface area (Å²) in [4.78, 5) is 0. The van der Waals surface area contributed by atoms with Crippen LogP contribution in [0.4, 0.5) is 0 Å². The maximum absolute atomic E-state index is 5.17. The lowest BCUT2D eigenvalue weighted by molar-refractivity contribution is 0.256. The summed E-state index contributed by atoms with van der Waals surface area (Å²) in [6, 6.07) is 0. The number of hydrogen-bond acceptors (Lipinski definition) is 1. The first-order valence-electron chi connectivity index (χ1n) is 7.95. The van der Waals surface area contributed by atoms with Crippen molar-refractivity contribution in [2.24, 2.45) is 23.0 Å². The lowest BCUT2D eigenvalue weighted by Crippen LogP contribution is -2.14. The molecule has 0 spiro atoms. The molecule has 0 saturated heterocycles. The maximum atomic E-state index is 5.17. The van der Waals surface area contributed by atoms with Crippen molar-refractivity contribution in [2.75, 3.05) is 6.54 Å². The third-order valence-electron chi connectivity index (χ3n) is 3.14. The molecular weight excluding hydrogens is 230 g/mol. The monoisotopic (exact) mass is 275 g/mol. The Hall–Kier alpha value is -0.0400. The van der Waals surface area contributed by atoms with E-state index in [1.807, 2.05) is 0 Å². The topological polar surface area (TPSA) is 26.0 Å². The molecule has 0 saturated carbocycles. The molecule has 0 bridgehead atoms. The Balaban J connectivity index is -0.000000158. The summed E-state index contributed by atoms with van der Waals surface area (Å²) in [5, 5.41) is 0. The zero-order chi connectivity index (χ0) is 14.6.